The molecule has 0 saturated carbocycles. The van der Waals surface area contributed by atoms with Crippen molar-refractivity contribution in [3.8, 4) is 0 Å². The normalized spacial score (nSPS) is 13.4. The van der Waals surface area contributed by atoms with Crippen molar-refractivity contribution >= 4 is 17.5 Å². The van der Waals surface area contributed by atoms with E-state index in [1.54, 1.807) is 43.0 Å². The number of rotatable bonds is 6. The van der Waals surface area contributed by atoms with Gasteiger partial charge in [0.05, 0.1) is 5.92 Å². The molecule has 0 bridgehead atoms. The Kier molecular flexibility index (Phi) is 6.37. The van der Waals surface area contributed by atoms with Crippen molar-refractivity contribution in [2.45, 2.75) is 33.7 Å². The molecule has 0 aromatic heterocycles. The van der Waals surface area contributed by atoms with Crippen LogP contribution in [0.5, 0.6) is 0 Å². The lowest BCUT2D eigenvalue weighted by Crippen LogP contribution is -2.34. The molecular formula is C16H25N3O2. The summed E-state index contributed by atoms with van der Waals surface area (Å²) in [6, 6.07) is 6.73. The highest BCUT2D eigenvalue weighted by Crippen LogP contribution is 2.13. The van der Waals surface area contributed by atoms with E-state index in [4.69, 9.17) is 5.73 Å². The van der Waals surface area contributed by atoms with Crippen molar-refractivity contribution in [1.82, 2.24) is 4.90 Å². The van der Waals surface area contributed by atoms with Gasteiger partial charge in [0.1, 0.15) is 0 Å². The van der Waals surface area contributed by atoms with Gasteiger partial charge in [-0.2, -0.15) is 0 Å². The van der Waals surface area contributed by atoms with Crippen molar-refractivity contribution in [1.29, 1.82) is 0 Å². The van der Waals surface area contributed by atoms with Gasteiger partial charge in [0.25, 0.3) is 5.91 Å². The minimum atomic E-state index is -0.262. The highest BCUT2D eigenvalue weighted by molar-refractivity contribution is 5.96. The number of hydrogen-bond donors (Lipinski definition) is 2. The van der Waals surface area contributed by atoms with Gasteiger partial charge in [0, 0.05) is 30.4 Å². The molecule has 0 heterocycles. The summed E-state index contributed by atoms with van der Waals surface area (Å²) in [5, 5.41) is 2.80. The minimum absolute atomic E-state index is 0.00169. The van der Waals surface area contributed by atoms with Crippen LogP contribution < -0.4 is 11.1 Å². The Hall–Kier alpha value is -1.88. The summed E-state index contributed by atoms with van der Waals surface area (Å²) in [5.41, 5.74) is 7.00. The molecule has 0 aliphatic heterocycles. The summed E-state index contributed by atoms with van der Waals surface area (Å²) in [6.45, 7) is 8.85. The van der Waals surface area contributed by atoms with Crippen molar-refractivity contribution in [3.63, 3.8) is 0 Å². The van der Waals surface area contributed by atoms with E-state index in [0.29, 0.717) is 24.3 Å². The highest BCUT2D eigenvalue weighted by atomic mass is 16.2. The predicted molar refractivity (Wildman–Crippen MR) is 85.1 cm³/mol. The molecule has 2 atom stereocenters. The molecule has 5 heteroatoms. The summed E-state index contributed by atoms with van der Waals surface area (Å²) in [7, 11) is 0. The monoisotopic (exact) mass is 291 g/mol. The van der Waals surface area contributed by atoms with Gasteiger partial charge in [-0.25, -0.2) is 0 Å². The molecule has 1 aromatic rings. The number of hydrogen-bond acceptors (Lipinski definition) is 3. The van der Waals surface area contributed by atoms with E-state index in [1.165, 1.54) is 0 Å². The third-order valence-corrected chi connectivity index (χ3v) is 3.65. The fraction of sp³-hybridized carbons (Fsp3) is 0.500. The van der Waals surface area contributed by atoms with Crippen molar-refractivity contribution < 1.29 is 9.59 Å². The van der Waals surface area contributed by atoms with E-state index in [0.717, 1.165) is 0 Å². The second kappa shape index (κ2) is 7.78. The number of carbonyl (C=O) groups excluding carboxylic acids is 2. The van der Waals surface area contributed by atoms with Crippen LogP contribution in [0.3, 0.4) is 0 Å². The lowest BCUT2D eigenvalue weighted by Gasteiger charge is -2.19. The molecule has 1 rings (SSSR count). The van der Waals surface area contributed by atoms with E-state index < -0.39 is 0 Å². The second-order valence-corrected chi connectivity index (χ2v) is 5.19. The topological polar surface area (TPSA) is 75.4 Å². The van der Waals surface area contributed by atoms with E-state index in [9.17, 15) is 9.59 Å². The molecule has 0 saturated heterocycles. The first-order valence-electron chi connectivity index (χ1n) is 7.36. The molecule has 2 unspecified atom stereocenters. The minimum Gasteiger partial charge on any atom is -0.339 e. The summed E-state index contributed by atoms with van der Waals surface area (Å²) < 4.78 is 0. The number of amides is 2. The molecule has 1 aromatic carbocycles. The zero-order valence-electron chi connectivity index (χ0n) is 13.2. The van der Waals surface area contributed by atoms with Crippen LogP contribution in [0.25, 0.3) is 0 Å². The van der Waals surface area contributed by atoms with Crippen LogP contribution in [0.2, 0.25) is 0 Å². The smallest absolute Gasteiger partial charge is 0.253 e. The standard InChI is InChI=1S/C16H25N3O2/c1-5-19(6-2)16(21)13-7-9-14(10-8-13)18-15(20)11(3)12(4)17/h7-12H,5-6,17H2,1-4H3,(H,18,20). The van der Waals surface area contributed by atoms with Gasteiger partial charge in [-0.05, 0) is 45.0 Å². The molecule has 0 aliphatic carbocycles. The van der Waals surface area contributed by atoms with Crippen LogP contribution in [0.15, 0.2) is 24.3 Å². The average Bonchev–Trinajstić information content (AvgIpc) is 2.48. The Bertz CT molecular complexity index is 479. The van der Waals surface area contributed by atoms with Crippen LogP contribution in [-0.2, 0) is 4.79 Å². The molecule has 116 valence electrons. The fourth-order valence-electron chi connectivity index (χ4n) is 1.88. The Morgan fingerprint density at radius 3 is 2.10 bits per heavy atom. The van der Waals surface area contributed by atoms with Crippen LogP contribution in [-0.4, -0.2) is 35.8 Å². The lowest BCUT2D eigenvalue weighted by atomic mass is 10.0. The first-order valence-corrected chi connectivity index (χ1v) is 7.36. The zero-order chi connectivity index (χ0) is 16.0. The quantitative estimate of drug-likeness (QED) is 0.842. The van der Waals surface area contributed by atoms with Gasteiger partial charge < -0.3 is 16.0 Å². The molecule has 0 radical (unpaired) electrons. The molecule has 3 N–H and O–H groups in total. The summed E-state index contributed by atoms with van der Waals surface area (Å²) in [5.74, 6) is -0.378. The number of benzene rings is 1. The average molecular weight is 291 g/mol. The van der Waals surface area contributed by atoms with Crippen LogP contribution >= 0.6 is 0 Å². The Morgan fingerprint density at radius 2 is 1.67 bits per heavy atom. The van der Waals surface area contributed by atoms with Gasteiger partial charge in [0.15, 0.2) is 0 Å². The van der Waals surface area contributed by atoms with E-state index in [2.05, 4.69) is 5.32 Å². The number of nitrogens with one attached hydrogen (secondary N) is 1. The fourth-order valence-corrected chi connectivity index (χ4v) is 1.88. The van der Waals surface area contributed by atoms with Crippen molar-refractivity contribution in [3.05, 3.63) is 29.8 Å². The SMILES string of the molecule is CCN(CC)C(=O)c1ccc(NC(=O)C(C)C(C)N)cc1. The molecule has 0 aliphatic rings. The van der Waals surface area contributed by atoms with E-state index in [1.807, 2.05) is 13.8 Å². The molecule has 21 heavy (non-hydrogen) atoms. The van der Waals surface area contributed by atoms with Gasteiger partial charge in [0.2, 0.25) is 5.91 Å². The van der Waals surface area contributed by atoms with E-state index in [-0.39, 0.29) is 23.8 Å². The van der Waals surface area contributed by atoms with E-state index >= 15 is 0 Å². The second-order valence-electron chi connectivity index (χ2n) is 5.19. The maximum atomic E-state index is 12.2. The zero-order valence-corrected chi connectivity index (χ0v) is 13.2. The number of nitrogens with zero attached hydrogens (tertiary/aromatic N) is 1. The number of carbonyl (C=O) groups is 2. The number of nitrogens with two attached hydrogens (primary N) is 1. The maximum absolute atomic E-state index is 12.2. The molecular weight excluding hydrogens is 266 g/mol. The first kappa shape index (κ1) is 17.2. The van der Waals surface area contributed by atoms with Gasteiger partial charge in [-0.15, -0.1) is 0 Å². The largest absolute Gasteiger partial charge is 0.339 e. The van der Waals surface area contributed by atoms with Crippen LogP contribution in [0.1, 0.15) is 38.1 Å². The molecule has 5 nitrogen and oxygen atoms in total. The molecule has 2 amide bonds. The highest BCUT2D eigenvalue weighted by Gasteiger charge is 2.17. The molecule has 0 spiro atoms. The van der Waals surface area contributed by atoms with Crippen molar-refractivity contribution in [2.75, 3.05) is 18.4 Å². The third-order valence-electron chi connectivity index (χ3n) is 3.65. The van der Waals surface area contributed by atoms with Gasteiger partial charge in [-0.3, -0.25) is 9.59 Å². The van der Waals surface area contributed by atoms with Crippen LogP contribution in [0.4, 0.5) is 5.69 Å². The maximum Gasteiger partial charge on any atom is 0.253 e. The van der Waals surface area contributed by atoms with Crippen LogP contribution in [0, 0.1) is 5.92 Å². The van der Waals surface area contributed by atoms with Gasteiger partial charge in [-0.1, -0.05) is 6.92 Å². The number of anilines is 1. The predicted octanol–water partition coefficient (Wildman–Crippen LogP) is 2.09. The Labute approximate surface area is 126 Å². The Balaban J connectivity index is 2.75. The van der Waals surface area contributed by atoms with Gasteiger partial charge >= 0.3 is 0 Å². The molecule has 0 fully saturated rings. The van der Waals surface area contributed by atoms with Crippen molar-refractivity contribution in [2.24, 2.45) is 11.7 Å². The third kappa shape index (κ3) is 4.56. The summed E-state index contributed by atoms with van der Waals surface area (Å²) in [6.07, 6.45) is 0. The Morgan fingerprint density at radius 1 is 1.14 bits per heavy atom. The summed E-state index contributed by atoms with van der Waals surface area (Å²) >= 11 is 0. The summed E-state index contributed by atoms with van der Waals surface area (Å²) in [4.78, 5) is 25.8. The first-order chi connectivity index (χ1) is 9.90. The lowest BCUT2D eigenvalue weighted by molar-refractivity contribution is -0.119.